The van der Waals surface area contributed by atoms with Crippen molar-refractivity contribution in [3.05, 3.63) is 34.9 Å². The molecule has 3 heteroatoms. The zero-order chi connectivity index (χ0) is 12.2. The van der Waals surface area contributed by atoms with Crippen molar-refractivity contribution in [2.75, 3.05) is 0 Å². The first-order valence-electron chi connectivity index (χ1n) is 5.38. The predicted molar refractivity (Wildman–Crippen MR) is 67.4 cm³/mol. The number of halogens is 1. The highest BCUT2D eigenvalue weighted by atomic mass is 35.5. The van der Waals surface area contributed by atoms with Gasteiger partial charge in [0.05, 0.1) is 0 Å². The third kappa shape index (κ3) is 5.17. The first-order chi connectivity index (χ1) is 7.37. The van der Waals surface area contributed by atoms with Crippen LogP contribution in [-0.4, -0.2) is 5.91 Å². The molecule has 16 heavy (non-hydrogen) atoms. The normalized spacial score (nSPS) is 11.2. The number of hydrogen-bond acceptors (Lipinski definition) is 1. The molecule has 0 fully saturated rings. The van der Waals surface area contributed by atoms with Gasteiger partial charge < -0.3 is 5.32 Å². The molecule has 1 aromatic carbocycles. The number of rotatable bonds is 3. The fourth-order valence-electron chi connectivity index (χ4n) is 1.35. The quantitative estimate of drug-likeness (QED) is 0.861. The fraction of sp³-hybridized carbons (Fsp3) is 0.462. The Balaban J connectivity index is 2.40. The van der Waals surface area contributed by atoms with Crippen LogP contribution in [0.25, 0.3) is 0 Å². The smallest absolute Gasteiger partial charge is 0.220 e. The average Bonchev–Trinajstić information content (AvgIpc) is 2.14. The van der Waals surface area contributed by atoms with Crippen LogP contribution in [0.1, 0.15) is 32.8 Å². The Morgan fingerprint density at radius 3 is 2.31 bits per heavy atom. The lowest BCUT2D eigenvalue weighted by Crippen LogP contribution is -2.27. The maximum absolute atomic E-state index is 11.6. The molecular weight excluding hydrogens is 222 g/mol. The van der Waals surface area contributed by atoms with Crippen LogP contribution in [0.3, 0.4) is 0 Å². The van der Waals surface area contributed by atoms with Crippen molar-refractivity contribution in [2.24, 2.45) is 5.41 Å². The summed E-state index contributed by atoms with van der Waals surface area (Å²) in [6, 6.07) is 7.49. The Morgan fingerprint density at radius 1 is 1.25 bits per heavy atom. The van der Waals surface area contributed by atoms with Crippen LogP contribution in [0.15, 0.2) is 24.3 Å². The molecular formula is C13H18ClNO. The molecule has 0 spiro atoms. The second-order valence-electron chi connectivity index (χ2n) is 5.14. The van der Waals surface area contributed by atoms with Crippen molar-refractivity contribution in [3.8, 4) is 0 Å². The van der Waals surface area contributed by atoms with Gasteiger partial charge in [-0.25, -0.2) is 0 Å². The minimum absolute atomic E-state index is 0.0318. The van der Waals surface area contributed by atoms with Crippen LogP contribution in [0.2, 0.25) is 5.02 Å². The zero-order valence-corrected chi connectivity index (χ0v) is 10.8. The Labute approximate surface area is 102 Å². The highest BCUT2D eigenvalue weighted by Gasteiger charge is 2.15. The van der Waals surface area contributed by atoms with Crippen molar-refractivity contribution in [1.29, 1.82) is 0 Å². The molecule has 1 rings (SSSR count). The summed E-state index contributed by atoms with van der Waals surface area (Å²) in [5, 5.41) is 3.61. The van der Waals surface area contributed by atoms with Gasteiger partial charge in [0.25, 0.3) is 0 Å². The lowest BCUT2D eigenvalue weighted by Gasteiger charge is -2.17. The number of carbonyl (C=O) groups is 1. The SMILES string of the molecule is CC(C)(C)CC(=O)NCc1ccc(Cl)cc1. The maximum atomic E-state index is 11.6. The summed E-state index contributed by atoms with van der Waals surface area (Å²) in [7, 11) is 0. The Morgan fingerprint density at radius 2 is 1.81 bits per heavy atom. The molecule has 0 unspecified atom stereocenters. The molecule has 0 saturated heterocycles. The Kier molecular flexibility index (Phi) is 4.36. The van der Waals surface area contributed by atoms with E-state index in [4.69, 9.17) is 11.6 Å². The van der Waals surface area contributed by atoms with E-state index < -0.39 is 0 Å². The third-order valence-electron chi connectivity index (χ3n) is 2.09. The molecule has 88 valence electrons. The summed E-state index contributed by atoms with van der Waals surface area (Å²) in [6.45, 7) is 6.71. The Hall–Kier alpha value is -1.02. The molecule has 0 aliphatic carbocycles. The first kappa shape index (κ1) is 13.0. The van der Waals surface area contributed by atoms with E-state index in [0.29, 0.717) is 18.0 Å². The number of hydrogen-bond donors (Lipinski definition) is 1. The molecule has 1 N–H and O–H groups in total. The summed E-state index contributed by atoms with van der Waals surface area (Å²) >= 11 is 5.77. The summed E-state index contributed by atoms with van der Waals surface area (Å²) in [5.41, 5.74) is 1.09. The topological polar surface area (TPSA) is 29.1 Å². The number of benzene rings is 1. The molecule has 0 radical (unpaired) electrons. The highest BCUT2D eigenvalue weighted by molar-refractivity contribution is 6.30. The molecule has 0 aromatic heterocycles. The zero-order valence-electron chi connectivity index (χ0n) is 10.0. The van der Waals surface area contributed by atoms with E-state index in [0.717, 1.165) is 5.56 Å². The molecule has 1 amide bonds. The van der Waals surface area contributed by atoms with Crippen molar-refractivity contribution < 1.29 is 4.79 Å². The molecule has 2 nitrogen and oxygen atoms in total. The van der Waals surface area contributed by atoms with Gasteiger partial charge in [-0.2, -0.15) is 0 Å². The van der Waals surface area contributed by atoms with Crippen molar-refractivity contribution in [1.82, 2.24) is 5.32 Å². The van der Waals surface area contributed by atoms with E-state index in [1.807, 2.05) is 24.3 Å². The minimum Gasteiger partial charge on any atom is -0.352 e. The van der Waals surface area contributed by atoms with E-state index in [1.54, 1.807) is 0 Å². The van der Waals surface area contributed by atoms with Crippen molar-refractivity contribution >= 4 is 17.5 Å². The maximum Gasteiger partial charge on any atom is 0.220 e. The van der Waals surface area contributed by atoms with E-state index >= 15 is 0 Å². The highest BCUT2D eigenvalue weighted by Crippen LogP contribution is 2.18. The average molecular weight is 240 g/mol. The molecule has 0 aliphatic rings. The van der Waals surface area contributed by atoms with E-state index in [-0.39, 0.29) is 11.3 Å². The molecule has 0 heterocycles. The predicted octanol–water partition coefficient (Wildman–Crippen LogP) is 3.39. The lowest BCUT2D eigenvalue weighted by molar-refractivity contribution is -0.122. The molecule has 0 bridgehead atoms. The van der Waals surface area contributed by atoms with Gasteiger partial charge in [-0.15, -0.1) is 0 Å². The van der Waals surface area contributed by atoms with Crippen LogP contribution >= 0.6 is 11.6 Å². The first-order valence-corrected chi connectivity index (χ1v) is 5.76. The molecule has 1 aromatic rings. The van der Waals surface area contributed by atoms with Crippen molar-refractivity contribution in [2.45, 2.75) is 33.7 Å². The third-order valence-corrected chi connectivity index (χ3v) is 2.35. The number of nitrogens with one attached hydrogen (secondary N) is 1. The van der Waals surface area contributed by atoms with Gasteiger partial charge in [0.2, 0.25) is 5.91 Å². The standard InChI is InChI=1S/C13H18ClNO/c1-13(2,3)8-12(16)15-9-10-4-6-11(14)7-5-10/h4-7H,8-9H2,1-3H3,(H,15,16). The molecule has 0 atom stereocenters. The van der Waals surface area contributed by atoms with Gasteiger partial charge in [0.15, 0.2) is 0 Å². The minimum atomic E-state index is 0.0318. The molecule has 0 saturated carbocycles. The van der Waals surface area contributed by atoms with Gasteiger partial charge in [-0.05, 0) is 23.1 Å². The second-order valence-corrected chi connectivity index (χ2v) is 5.58. The van der Waals surface area contributed by atoms with E-state index in [9.17, 15) is 4.79 Å². The Bertz CT molecular complexity index is 351. The lowest BCUT2D eigenvalue weighted by atomic mass is 9.92. The largest absolute Gasteiger partial charge is 0.352 e. The van der Waals surface area contributed by atoms with Crippen LogP contribution in [0, 0.1) is 5.41 Å². The van der Waals surface area contributed by atoms with Gasteiger partial charge in [0, 0.05) is 18.0 Å². The van der Waals surface area contributed by atoms with Gasteiger partial charge in [-0.1, -0.05) is 44.5 Å². The summed E-state index contributed by atoms with van der Waals surface area (Å²) in [6.07, 6.45) is 0.542. The monoisotopic (exact) mass is 239 g/mol. The number of amides is 1. The van der Waals surface area contributed by atoms with E-state index in [2.05, 4.69) is 26.1 Å². The van der Waals surface area contributed by atoms with Crippen LogP contribution in [0.5, 0.6) is 0 Å². The summed E-state index contributed by atoms with van der Waals surface area (Å²) in [4.78, 5) is 11.6. The van der Waals surface area contributed by atoms with Crippen LogP contribution in [0.4, 0.5) is 0 Å². The summed E-state index contributed by atoms with van der Waals surface area (Å²) < 4.78 is 0. The fourth-order valence-corrected chi connectivity index (χ4v) is 1.47. The second kappa shape index (κ2) is 5.35. The van der Waals surface area contributed by atoms with Gasteiger partial charge in [-0.3, -0.25) is 4.79 Å². The van der Waals surface area contributed by atoms with Crippen LogP contribution < -0.4 is 5.32 Å². The molecule has 0 aliphatic heterocycles. The van der Waals surface area contributed by atoms with Gasteiger partial charge in [0.1, 0.15) is 0 Å². The van der Waals surface area contributed by atoms with Crippen molar-refractivity contribution in [3.63, 3.8) is 0 Å². The summed E-state index contributed by atoms with van der Waals surface area (Å²) in [5.74, 6) is 0.0856. The number of carbonyl (C=O) groups excluding carboxylic acids is 1. The van der Waals surface area contributed by atoms with E-state index in [1.165, 1.54) is 0 Å². The van der Waals surface area contributed by atoms with Crippen LogP contribution in [-0.2, 0) is 11.3 Å². The van der Waals surface area contributed by atoms with Gasteiger partial charge >= 0.3 is 0 Å².